The Hall–Kier alpha value is 0.798. The first-order valence-corrected chi connectivity index (χ1v) is 2.19. The molecule has 0 bridgehead atoms. The molecular formula is MoO4P+. The molecule has 0 fully saturated rings. The van der Waals surface area contributed by atoms with Crippen LogP contribution in [0.2, 0.25) is 0 Å². The van der Waals surface area contributed by atoms with Crippen molar-refractivity contribution in [3.63, 3.8) is 0 Å². The fourth-order valence-electron chi connectivity index (χ4n) is 0. The molecule has 0 aromatic heterocycles. The van der Waals surface area contributed by atoms with Crippen molar-refractivity contribution < 1.29 is 40.3 Å². The molecule has 0 aromatic rings. The topological polar surface area (TPSA) is 86.2 Å². The van der Waals surface area contributed by atoms with E-state index in [-0.39, 0.29) is 21.1 Å². The first kappa shape index (κ1) is 9.93. The van der Waals surface area contributed by atoms with Gasteiger partial charge in [-0.2, -0.15) is 7.82 Å². The molecule has 4 nitrogen and oxygen atoms in total. The van der Waals surface area contributed by atoms with Gasteiger partial charge in [0.2, 0.25) is 0 Å². The van der Waals surface area contributed by atoms with Crippen LogP contribution in [0.5, 0.6) is 0 Å². The summed E-state index contributed by atoms with van der Waals surface area (Å²) < 4.78 is 8.55. The van der Waals surface area contributed by atoms with Crippen molar-refractivity contribution in [2.75, 3.05) is 0 Å². The van der Waals surface area contributed by atoms with Crippen LogP contribution in [0.1, 0.15) is 0 Å². The van der Waals surface area contributed by atoms with Gasteiger partial charge in [-0.15, -0.1) is 0 Å². The van der Waals surface area contributed by atoms with Crippen molar-refractivity contribution in [2.45, 2.75) is 0 Å². The molecule has 0 radical (unpaired) electrons. The Bertz CT molecular complexity index is 53.7. The summed E-state index contributed by atoms with van der Waals surface area (Å²) >= 11 is 0. The predicted octanol–water partition coefficient (Wildman–Crippen LogP) is -2.83. The van der Waals surface area contributed by atoms with Crippen LogP contribution in [0.4, 0.5) is 0 Å². The van der Waals surface area contributed by atoms with Crippen LogP contribution in [0.25, 0.3) is 0 Å². The SMILES string of the molecule is O=P([O-])([O-])[O-].[Mo+4]. The van der Waals surface area contributed by atoms with Crippen LogP contribution < -0.4 is 14.7 Å². The third kappa shape index (κ3) is 109. The summed E-state index contributed by atoms with van der Waals surface area (Å²) in [4.78, 5) is 25.6. The largest absolute Gasteiger partial charge is 4.00 e. The normalized spacial score (nSPS) is 9.83. The smallest absolute Gasteiger partial charge is 0.822 e. The van der Waals surface area contributed by atoms with Crippen molar-refractivity contribution in [2.24, 2.45) is 0 Å². The van der Waals surface area contributed by atoms with Gasteiger partial charge in [-0.25, -0.2) is 0 Å². The van der Waals surface area contributed by atoms with E-state index in [0.717, 1.165) is 0 Å². The number of rotatable bonds is 0. The third-order valence-corrected chi connectivity index (χ3v) is 0. The average molecular weight is 191 g/mol. The van der Waals surface area contributed by atoms with Crippen LogP contribution in [-0.2, 0) is 25.6 Å². The molecule has 0 saturated carbocycles. The molecule has 6 heavy (non-hydrogen) atoms. The summed E-state index contributed by atoms with van der Waals surface area (Å²) in [6, 6.07) is 0. The maximum absolute atomic E-state index is 8.55. The minimum Gasteiger partial charge on any atom is -0.822 e. The van der Waals surface area contributed by atoms with E-state index in [1.807, 2.05) is 0 Å². The van der Waals surface area contributed by atoms with E-state index >= 15 is 0 Å². The Morgan fingerprint density at radius 1 is 1.17 bits per heavy atom. The fourth-order valence-corrected chi connectivity index (χ4v) is 0. The van der Waals surface area contributed by atoms with E-state index in [1.54, 1.807) is 0 Å². The van der Waals surface area contributed by atoms with Gasteiger partial charge in [0.1, 0.15) is 0 Å². The van der Waals surface area contributed by atoms with E-state index in [1.165, 1.54) is 0 Å². The van der Waals surface area contributed by atoms with Crippen LogP contribution in [0.15, 0.2) is 0 Å². The molecule has 34 valence electrons. The molecule has 0 aromatic carbocycles. The van der Waals surface area contributed by atoms with Crippen molar-refractivity contribution in [3.8, 4) is 0 Å². The Labute approximate surface area is 48.7 Å². The zero-order valence-corrected chi connectivity index (χ0v) is 5.39. The van der Waals surface area contributed by atoms with E-state index < -0.39 is 7.82 Å². The van der Waals surface area contributed by atoms with Gasteiger partial charge >= 0.3 is 21.1 Å². The molecule has 0 heterocycles. The molecule has 0 aliphatic heterocycles. The number of hydrogen-bond acceptors (Lipinski definition) is 4. The predicted molar refractivity (Wildman–Crippen MR) is 7.61 cm³/mol. The monoisotopic (exact) mass is 193 g/mol. The molecule has 0 rings (SSSR count). The molecule has 0 unspecified atom stereocenters. The summed E-state index contributed by atoms with van der Waals surface area (Å²) in [7, 11) is -5.39. The first-order valence-electron chi connectivity index (χ1n) is 0.730. The third-order valence-electron chi connectivity index (χ3n) is 0. The quantitative estimate of drug-likeness (QED) is 0.305. The van der Waals surface area contributed by atoms with E-state index in [4.69, 9.17) is 19.2 Å². The standard InChI is InChI=1S/Mo.H3O4P/c;1-5(2,3)4/h;(H3,1,2,3,4)/q+4;/p-3. The minimum absolute atomic E-state index is 0. The molecule has 0 aliphatic rings. The Morgan fingerprint density at radius 3 is 1.17 bits per heavy atom. The average Bonchev–Trinajstić information content (AvgIpc) is 0.722. The maximum atomic E-state index is 8.55. The summed E-state index contributed by atoms with van der Waals surface area (Å²) in [6.45, 7) is 0. The molecule has 0 saturated heterocycles. The summed E-state index contributed by atoms with van der Waals surface area (Å²) in [6.07, 6.45) is 0. The van der Waals surface area contributed by atoms with Gasteiger partial charge in [0.05, 0.1) is 0 Å². The second-order valence-corrected chi connectivity index (χ2v) is 1.34. The maximum Gasteiger partial charge on any atom is 4.00 e. The Kier molecular flexibility index (Phi) is 4.78. The van der Waals surface area contributed by atoms with Gasteiger partial charge < -0.3 is 19.2 Å². The van der Waals surface area contributed by atoms with Gasteiger partial charge in [0.25, 0.3) is 0 Å². The molecule has 0 aliphatic carbocycles. The molecule has 0 spiro atoms. The molecule has 0 amide bonds. The van der Waals surface area contributed by atoms with Crippen LogP contribution in [0.3, 0.4) is 0 Å². The fraction of sp³-hybridized carbons (Fsp3) is 0. The van der Waals surface area contributed by atoms with E-state index in [2.05, 4.69) is 0 Å². The number of hydrogen-bond donors (Lipinski definition) is 0. The second kappa shape index (κ2) is 2.89. The van der Waals surface area contributed by atoms with Crippen molar-refractivity contribution in [3.05, 3.63) is 0 Å². The van der Waals surface area contributed by atoms with Gasteiger partial charge in [0.15, 0.2) is 0 Å². The molecule has 0 N–H and O–H groups in total. The van der Waals surface area contributed by atoms with Gasteiger partial charge in [-0.05, 0) is 0 Å². The second-order valence-electron chi connectivity index (χ2n) is 0.447. The summed E-state index contributed by atoms with van der Waals surface area (Å²) in [5, 5.41) is 0. The summed E-state index contributed by atoms with van der Waals surface area (Å²) in [5.74, 6) is 0. The van der Waals surface area contributed by atoms with Crippen molar-refractivity contribution in [1.82, 2.24) is 0 Å². The van der Waals surface area contributed by atoms with Gasteiger partial charge in [-0.1, -0.05) is 0 Å². The first-order chi connectivity index (χ1) is 2.00. The molecule has 6 heteroatoms. The van der Waals surface area contributed by atoms with Crippen molar-refractivity contribution >= 4 is 7.82 Å². The zero-order chi connectivity index (χ0) is 4.50. The Morgan fingerprint density at radius 2 is 1.17 bits per heavy atom. The van der Waals surface area contributed by atoms with Crippen LogP contribution in [-0.4, -0.2) is 0 Å². The Balaban J connectivity index is 0. The van der Waals surface area contributed by atoms with Crippen molar-refractivity contribution in [1.29, 1.82) is 0 Å². The number of phosphoric acid groups is 1. The minimum atomic E-state index is -5.39. The molecule has 0 atom stereocenters. The van der Waals surface area contributed by atoms with Gasteiger partial charge in [0, 0.05) is 0 Å². The van der Waals surface area contributed by atoms with Crippen LogP contribution >= 0.6 is 7.82 Å². The molecular weight excluding hydrogens is 191 g/mol. The van der Waals surface area contributed by atoms with E-state index in [0.29, 0.717) is 0 Å². The van der Waals surface area contributed by atoms with Crippen LogP contribution in [0, 0.1) is 0 Å². The van der Waals surface area contributed by atoms with E-state index in [9.17, 15) is 0 Å². The zero-order valence-electron chi connectivity index (χ0n) is 2.49. The summed E-state index contributed by atoms with van der Waals surface area (Å²) in [5.41, 5.74) is 0. The van der Waals surface area contributed by atoms with Gasteiger partial charge in [-0.3, -0.25) is 0 Å².